The molecule has 1 unspecified atom stereocenters. The highest BCUT2D eigenvalue weighted by atomic mass is 16.4. The van der Waals surface area contributed by atoms with Gasteiger partial charge in [-0.1, -0.05) is 6.92 Å². The molecule has 1 atom stereocenters. The second-order valence-corrected chi connectivity index (χ2v) is 2.52. The molecule has 0 fully saturated rings. The lowest BCUT2D eigenvalue weighted by molar-refractivity contribution is 0.183. The fourth-order valence-corrected chi connectivity index (χ4v) is 0.909. The van der Waals surface area contributed by atoms with Crippen molar-refractivity contribution in [2.75, 3.05) is 6.61 Å². The van der Waals surface area contributed by atoms with Gasteiger partial charge in [-0.25, -0.2) is 5.11 Å². The van der Waals surface area contributed by atoms with Crippen molar-refractivity contribution in [2.45, 2.75) is 25.7 Å². The Balaban J connectivity index is 2.36. The highest BCUT2D eigenvalue weighted by Gasteiger charge is 2.09. The number of nitrogens with zero attached hydrogens (tertiary/aromatic N) is 2. The summed E-state index contributed by atoms with van der Waals surface area (Å²) in [5, 5.41) is 17.4. The molecule has 1 aromatic heterocycles. The van der Waals surface area contributed by atoms with Crippen LogP contribution in [0, 0.1) is 0 Å². The molecule has 0 N–H and O–H groups in total. The zero-order chi connectivity index (χ0) is 8.10. The molecule has 61 valence electrons. The van der Waals surface area contributed by atoms with E-state index in [1.54, 1.807) is 0 Å². The van der Waals surface area contributed by atoms with Gasteiger partial charge in [-0.2, -0.15) is 0 Å². The summed E-state index contributed by atoms with van der Waals surface area (Å²) in [6.45, 7) is 1.95. The minimum absolute atomic E-state index is 0.0293. The van der Waals surface area contributed by atoms with Crippen LogP contribution in [0.4, 0.5) is 0 Å². The first-order valence-corrected chi connectivity index (χ1v) is 3.68. The molecule has 4 nitrogen and oxygen atoms in total. The molecule has 1 aromatic rings. The molecule has 0 aliphatic rings. The molecule has 0 aliphatic carbocycles. The quantitative estimate of drug-likeness (QED) is 0.660. The van der Waals surface area contributed by atoms with Crippen molar-refractivity contribution in [1.82, 2.24) is 10.2 Å². The predicted octanol–water partition coefficient (Wildman–Crippen LogP) is 1.38. The standard InChI is InChI=1S/C7H11N2O2/c1-6(3-2-4-10)7-9-8-5-11-7/h5-6H,2-4H2,1H3. The molecule has 0 saturated carbocycles. The van der Waals surface area contributed by atoms with Gasteiger partial charge in [-0.15, -0.1) is 10.2 Å². The summed E-state index contributed by atoms with van der Waals surface area (Å²) >= 11 is 0. The van der Waals surface area contributed by atoms with Crippen LogP contribution in [-0.4, -0.2) is 16.8 Å². The van der Waals surface area contributed by atoms with E-state index in [1.807, 2.05) is 6.92 Å². The Hall–Kier alpha value is -0.900. The predicted molar refractivity (Wildman–Crippen MR) is 37.5 cm³/mol. The first kappa shape index (κ1) is 8.20. The molecule has 1 radical (unpaired) electrons. The van der Waals surface area contributed by atoms with Crippen molar-refractivity contribution in [3.63, 3.8) is 0 Å². The third-order valence-electron chi connectivity index (χ3n) is 1.58. The average molecular weight is 155 g/mol. The Labute approximate surface area is 65.3 Å². The lowest BCUT2D eigenvalue weighted by Gasteiger charge is -2.02. The third-order valence-corrected chi connectivity index (χ3v) is 1.58. The topological polar surface area (TPSA) is 58.8 Å². The van der Waals surface area contributed by atoms with Gasteiger partial charge in [-0.05, 0) is 12.8 Å². The minimum Gasteiger partial charge on any atom is -0.428 e. The maximum absolute atomic E-state index is 10.1. The molecule has 11 heavy (non-hydrogen) atoms. The number of hydrogen-bond acceptors (Lipinski definition) is 3. The van der Waals surface area contributed by atoms with Gasteiger partial charge in [0.1, 0.15) is 0 Å². The van der Waals surface area contributed by atoms with Crippen LogP contribution in [0.15, 0.2) is 10.8 Å². The smallest absolute Gasteiger partial charge is 0.219 e. The minimum atomic E-state index is -0.0293. The van der Waals surface area contributed by atoms with Gasteiger partial charge in [0.05, 0.1) is 6.61 Å². The van der Waals surface area contributed by atoms with Crippen LogP contribution in [0.1, 0.15) is 31.6 Å². The maximum Gasteiger partial charge on any atom is 0.219 e. The van der Waals surface area contributed by atoms with E-state index in [0.29, 0.717) is 12.3 Å². The van der Waals surface area contributed by atoms with Crippen molar-refractivity contribution in [1.29, 1.82) is 0 Å². The van der Waals surface area contributed by atoms with Crippen LogP contribution < -0.4 is 0 Å². The van der Waals surface area contributed by atoms with Gasteiger partial charge in [0.15, 0.2) is 0 Å². The van der Waals surface area contributed by atoms with Crippen molar-refractivity contribution in [2.24, 2.45) is 0 Å². The van der Waals surface area contributed by atoms with Crippen LogP contribution >= 0.6 is 0 Å². The number of aromatic nitrogens is 2. The van der Waals surface area contributed by atoms with Crippen molar-refractivity contribution in [3.05, 3.63) is 12.3 Å². The monoisotopic (exact) mass is 155 g/mol. The van der Waals surface area contributed by atoms with E-state index in [9.17, 15) is 5.11 Å². The molecule has 0 amide bonds. The Morgan fingerprint density at radius 1 is 1.73 bits per heavy atom. The van der Waals surface area contributed by atoms with E-state index in [1.165, 1.54) is 6.39 Å². The summed E-state index contributed by atoms with van der Waals surface area (Å²) in [6, 6.07) is 0. The summed E-state index contributed by atoms with van der Waals surface area (Å²) in [5.74, 6) is 0.838. The molecule has 0 saturated heterocycles. The summed E-state index contributed by atoms with van der Waals surface area (Å²) in [7, 11) is 0. The van der Waals surface area contributed by atoms with Crippen LogP contribution in [0.2, 0.25) is 0 Å². The van der Waals surface area contributed by atoms with Crippen molar-refractivity contribution < 1.29 is 9.52 Å². The first-order chi connectivity index (χ1) is 5.34. The SMILES string of the molecule is CC(CCC[O])c1nnco1. The Bertz CT molecular complexity index is 186. The van der Waals surface area contributed by atoms with Crippen LogP contribution in [-0.2, 0) is 5.11 Å². The molecule has 0 bridgehead atoms. The molecule has 4 heteroatoms. The summed E-state index contributed by atoms with van der Waals surface area (Å²) < 4.78 is 4.97. The van der Waals surface area contributed by atoms with Gasteiger partial charge in [0.25, 0.3) is 0 Å². The first-order valence-electron chi connectivity index (χ1n) is 3.68. The maximum atomic E-state index is 10.1. The average Bonchev–Trinajstić information content (AvgIpc) is 2.52. The number of hydrogen-bond donors (Lipinski definition) is 0. The molecule has 0 spiro atoms. The van der Waals surface area contributed by atoms with E-state index in [-0.39, 0.29) is 12.5 Å². The van der Waals surface area contributed by atoms with E-state index >= 15 is 0 Å². The van der Waals surface area contributed by atoms with Gasteiger partial charge < -0.3 is 4.42 Å². The van der Waals surface area contributed by atoms with E-state index in [2.05, 4.69) is 10.2 Å². The second kappa shape index (κ2) is 4.08. The Morgan fingerprint density at radius 3 is 3.09 bits per heavy atom. The summed E-state index contributed by atoms with van der Waals surface area (Å²) in [6.07, 6.45) is 2.80. The van der Waals surface area contributed by atoms with Crippen molar-refractivity contribution in [3.8, 4) is 0 Å². The molecule has 0 aromatic carbocycles. The molecular formula is C7H11N2O2. The Kier molecular flexibility index (Phi) is 3.04. The number of rotatable bonds is 4. The second-order valence-electron chi connectivity index (χ2n) is 2.52. The van der Waals surface area contributed by atoms with Gasteiger partial charge in [-0.3, -0.25) is 0 Å². The lowest BCUT2D eigenvalue weighted by atomic mass is 10.1. The van der Waals surface area contributed by atoms with E-state index < -0.39 is 0 Å². The van der Waals surface area contributed by atoms with Crippen LogP contribution in [0.25, 0.3) is 0 Å². The van der Waals surface area contributed by atoms with Gasteiger partial charge >= 0.3 is 0 Å². The summed E-state index contributed by atoms with van der Waals surface area (Å²) in [4.78, 5) is 0. The molecule has 0 aliphatic heterocycles. The zero-order valence-electron chi connectivity index (χ0n) is 6.49. The normalized spacial score (nSPS) is 13.3. The largest absolute Gasteiger partial charge is 0.428 e. The molecule has 1 rings (SSSR count). The molecule has 1 heterocycles. The highest BCUT2D eigenvalue weighted by molar-refractivity contribution is 4.84. The lowest BCUT2D eigenvalue weighted by Crippen LogP contribution is -1.95. The Morgan fingerprint density at radius 2 is 2.55 bits per heavy atom. The van der Waals surface area contributed by atoms with Crippen molar-refractivity contribution >= 4 is 0 Å². The van der Waals surface area contributed by atoms with Crippen LogP contribution in [0.3, 0.4) is 0 Å². The fourth-order valence-electron chi connectivity index (χ4n) is 0.909. The highest BCUT2D eigenvalue weighted by Crippen LogP contribution is 2.16. The van der Waals surface area contributed by atoms with E-state index in [0.717, 1.165) is 6.42 Å². The fraction of sp³-hybridized carbons (Fsp3) is 0.714. The zero-order valence-corrected chi connectivity index (χ0v) is 6.49. The molecular weight excluding hydrogens is 144 g/mol. The summed E-state index contributed by atoms with van der Waals surface area (Å²) in [5.41, 5.74) is 0. The van der Waals surface area contributed by atoms with Crippen LogP contribution in [0.5, 0.6) is 0 Å². The third kappa shape index (κ3) is 2.31. The van der Waals surface area contributed by atoms with Gasteiger partial charge in [0.2, 0.25) is 12.3 Å². The van der Waals surface area contributed by atoms with Gasteiger partial charge in [0, 0.05) is 5.92 Å². The van der Waals surface area contributed by atoms with E-state index in [4.69, 9.17) is 4.42 Å².